The highest BCUT2D eigenvalue weighted by molar-refractivity contribution is 6.01. The first-order valence-corrected chi connectivity index (χ1v) is 9.83. The van der Waals surface area contributed by atoms with Gasteiger partial charge in [0.25, 0.3) is 0 Å². The molecule has 0 spiro atoms. The number of halogens is 2. The lowest BCUT2D eigenvalue weighted by Gasteiger charge is -2.16. The molecule has 0 bridgehead atoms. The van der Waals surface area contributed by atoms with Crippen molar-refractivity contribution in [3.05, 3.63) is 65.4 Å². The van der Waals surface area contributed by atoms with E-state index in [1.165, 1.54) is 18.2 Å². The van der Waals surface area contributed by atoms with Crippen molar-refractivity contribution in [2.45, 2.75) is 31.7 Å². The molecule has 1 saturated carbocycles. The average Bonchev–Trinajstić information content (AvgIpc) is 3.46. The molecule has 1 atom stereocenters. The van der Waals surface area contributed by atoms with Crippen molar-refractivity contribution in [1.29, 1.82) is 0 Å². The van der Waals surface area contributed by atoms with Gasteiger partial charge in [0, 0.05) is 11.6 Å². The number of benzene rings is 2. The number of aromatic amines is 1. The van der Waals surface area contributed by atoms with Crippen LogP contribution in [0.3, 0.4) is 0 Å². The molecule has 8 heteroatoms. The summed E-state index contributed by atoms with van der Waals surface area (Å²) in [4.78, 5) is 8.86. The predicted molar refractivity (Wildman–Crippen MR) is 112 cm³/mol. The first-order valence-electron chi connectivity index (χ1n) is 9.83. The maximum Gasteiger partial charge on any atom is 0.225 e. The molecule has 2 aromatic heterocycles. The lowest BCUT2D eigenvalue weighted by Crippen LogP contribution is -2.11. The first-order chi connectivity index (χ1) is 14.5. The van der Waals surface area contributed by atoms with Crippen LogP contribution in [-0.4, -0.2) is 20.2 Å². The summed E-state index contributed by atoms with van der Waals surface area (Å²) in [7, 11) is 0. The maximum atomic E-state index is 14.8. The van der Waals surface area contributed by atoms with Crippen LogP contribution in [-0.2, 0) is 0 Å². The van der Waals surface area contributed by atoms with Crippen LogP contribution < -0.4 is 11.1 Å². The Kier molecular flexibility index (Phi) is 4.34. The van der Waals surface area contributed by atoms with Gasteiger partial charge in [-0.25, -0.2) is 13.8 Å². The Morgan fingerprint density at radius 3 is 2.60 bits per heavy atom. The predicted octanol–water partition coefficient (Wildman–Crippen LogP) is 4.93. The molecule has 0 aliphatic heterocycles. The van der Waals surface area contributed by atoms with Crippen LogP contribution in [0.25, 0.3) is 22.2 Å². The molecule has 4 aromatic rings. The number of nitrogens with zero attached hydrogens (tertiary/aromatic N) is 3. The molecule has 1 aliphatic rings. The fourth-order valence-electron chi connectivity index (χ4n) is 3.64. The number of aromatic nitrogens is 4. The number of hydrogen-bond acceptors (Lipinski definition) is 5. The third-order valence-corrected chi connectivity index (χ3v) is 5.43. The van der Waals surface area contributed by atoms with Gasteiger partial charge in [-0.2, -0.15) is 10.1 Å². The van der Waals surface area contributed by atoms with Gasteiger partial charge >= 0.3 is 0 Å². The Labute approximate surface area is 171 Å². The van der Waals surface area contributed by atoms with Gasteiger partial charge in [0.05, 0.1) is 28.2 Å². The number of hydrogen-bond donors (Lipinski definition) is 3. The van der Waals surface area contributed by atoms with Crippen LogP contribution in [0.5, 0.6) is 0 Å². The summed E-state index contributed by atoms with van der Waals surface area (Å²) in [5, 5.41) is 10.9. The summed E-state index contributed by atoms with van der Waals surface area (Å²) in [6, 6.07) is 10.8. The molecule has 6 nitrogen and oxygen atoms in total. The molecule has 152 valence electrons. The third-order valence-electron chi connectivity index (χ3n) is 5.43. The minimum atomic E-state index is -0.424. The van der Waals surface area contributed by atoms with E-state index in [0.29, 0.717) is 34.0 Å². The van der Waals surface area contributed by atoms with E-state index in [1.807, 2.05) is 13.0 Å². The zero-order chi connectivity index (χ0) is 20.8. The SMILES string of the molecule is C[C@H](Nc1nc(N)c2c(-c3cc(C4CC4)[nH]n3)c(F)ccc2n1)c1ccc(F)cc1. The van der Waals surface area contributed by atoms with Crippen molar-refractivity contribution in [3.63, 3.8) is 0 Å². The molecule has 30 heavy (non-hydrogen) atoms. The number of nitrogen functional groups attached to an aromatic ring is 1. The van der Waals surface area contributed by atoms with Crippen LogP contribution in [0.1, 0.15) is 43.0 Å². The number of nitrogens with one attached hydrogen (secondary N) is 2. The minimum Gasteiger partial charge on any atom is -0.383 e. The Morgan fingerprint density at radius 1 is 1.10 bits per heavy atom. The van der Waals surface area contributed by atoms with Gasteiger partial charge in [0.2, 0.25) is 5.95 Å². The quantitative estimate of drug-likeness (QED) is 0.437. The standard InChI is InChI=1S/C22H20F2N6/c1-11(12-4-6-14(23)7-5-12)26-22-27-16-9-8-15(24)19(20(16)21(25)28-22)18-10-17(29-30-18)13-2-3-13/h4-11,13H,2-3H2,1H3,(H,29,30)(H3,25,26,27,28)/t11-/m0/s1. The zero-order valence-corrected chi connectivity index (χ0v) is 16.3. The highest BCUT2D eigenvalue weighted by Crippen LogP contribution is 2.41. The molecule has 1 aliphatic carbocycles. The summed E-state index contributed by atoms with van der Waals surface area (Å²) in [6.07, 6.45) is 2.23. The molecule has 0 amide bonds. The van der Waals surface area contributed by atoms with E-state index in [9.17, 15) is 8.78 Å². The molecule has 2 heterocycles. The third kappa shape index (κ3) is 3.34. The highest BCUT2D eigenvalue weighted by atomic mass is 19.1. The van der Waals surface area contributed by atoms with Crippen molar-refractivity contribution in [1.82, 2.24) is 20.2 Å². The molecule has 0 radical (unpaired) electrons. The Hall–Kier alpha value is -3.55. The van der Waals surface area contributed by atoms with Crippen molar-refractivity contribution in [3.8, 4) is 11.3 Å². The maximum absolute atomic E-state index is 14.8. The van der Waals surface area contributed by atoms with Gasteiger partial charge < -0.3 is 11.1 Å². The normalized spacial score (nSPS) is 14.8. The van der Waals surface area contributed by atoms with Gasteiger partial charge in [-0.1, -0.05) is 12.1 Å². The summed E-state index contributed by atoms with van der Waals surface area (Å²) in [5.41, 5.74) is 9.43. The fraction of sp³-hybridized carbons (Fsp3) is 0.227. The lowest BCUT2D eigenvalue weighted by molar-refractivity contribution is 0.626. The van der Waals surface area contributed by atoms with E-state index < -0.39 is 5.82 Å². The van der Waals surface area contributed by atoms with Gasteiger partial charge in [-0.15, -0.1) is 0 Å². The first kappa shape index (κ1) is 18.5. The average molecular weight is 406 g/mol. The second kappa shape index (κ2) is 7.05. The second-order valence-corrected chi connectivity index (χ2v) is 7.65. The largest absolute Gasteiger partial charge is 0.383 e. The molecule has 2 aromatic carbocycles. The van der Waals surface area contributed by atoms with E-state index in [0.717, 1.165) is 24.1 Å². The summed E-state index contributed by atoms with van der Waals surface area (Å²) in [6.45, 7) is 1.91. The lowest BCUT2D eigenvalue weighted by atomic mass is 10.0. The number of rotatable bonds is 5. The zero-order valence-electron chi connectivity index (χ0n) is 16.3. The fourth-order valence-corrected chi connectivity index (χ4v) is 3.64. The minimum absolute atomic E-state index is 0.166. The highest BCUT2D eigenvalue weighted by Gasteiger charge is 2.27. The molecular formula is C22H20F2N6. The van der Waals surface area contributed by atoms with Crippen molar-refractivity contribution in [2.24, 2.45) is 0 Å². The van der Waals surface area contributed by atoms with E-state index in [-0.39, 0.29) is 17.7 Å². The molecule has 5 rings (SSSR count). The monoisotopic (exact) mass is 406 g/mol. The smallest absolute Gasteiger partial charge is 0.225 e. The molecular weight excluding hydrogens is 386 g/mol. The van der Waals surface area contributed by atoms with Crippen molar-refractivity contribution in [2.75, 3.05) is 11.1 Å². The van der Waals surface area contributed by atoms with Crippen LogP contribution in [0.2, 0.25) is 0 Å². The van der Waals surface area contributed by atoms with Crippen molar-refractivity contribution < 1.29 is 8.78 Å². The number of fused-ring (bicyclic) bond motifs is 1. The van der Waals surface area contributed by atoms with Crippen molar-refractivity contribution >= 4 is 22.7 Å². The van der Waals surface area contributed by atoms with Crippen LogP contribution >= 0.6 is 0 Å². The second-order valence-electron chi connectivity index (χ2n) is 7.65. The van der Waals surface area contributed by atoms with Gasteiger partial charge in [-0.3, -0.25) is 5.10 Å². The number of H-pyrrole nitrogens is 1. The Bertz CT molecular complexity index is 1230. The van der Waals surface area contributed by atoms with Gasteiger partial charge in [0.15, 0.2) is 0 Å². The van der Waals surface area contributed by atoms with E-state index in [2.05, 4.69) is 25.5 Å². The van der Waals surface area contributed by atoms with Gasteiger partial charge in [0.1, 0.15) is 17.5 Å². The molecule has 1 fully saturated rings. The summed E-state index contributed by atoms with van der Waals surface area (Å²) in [5.74, 6) is 0.234. The van der Waals surface area contributed by atoms with Crippen LogP contribution in [0, 0.1) is 11.6 Å². The van der Waals surface area contributed by atoms with E-state index in [1.54, 1.807) is 18.2 Å². The molecule has 0 saturated heterocycles. The number of anilines is 2. The van der Waals surface area contributed by atoms with E-state index in [4.69, 9.17) is 5.73 Å². The molecule has 4 N–H and O–H groups in total. The van der Waals surface area contributed by atoms with E-state index >= 15 is 0 Å². The number of nitrogens with two attached hydrogens (primary N) is 1. The van der Waals surface area contributed by atoms with Crippen LogP contribution in [0.15, 0.2) is 42.5 Å². The Balaban J connectivity index is 1.52. The van der Waals surface area contributed by atoms with Gasteiger partial charge in [-0.05, 0) is 55.7 Å². The topological polar surface area (TPSA) is 92.5 Å². The Morgan fingerprint density at radius 2 is 1.87 bits per heavy atom. The summed E-state index contributed by atoms with van der Waals surface area (Å²) >= 11 is 0. The summed E-state index contributed by atoms with van der Waals surface area (Å²) < 4.78 is 27.9. The van der Waals surface area contributed by atoms with Crippen LogP contribution in [0.4, 0.5) is 20.5 Å². The molecule has 0 unspecified atom stereocenters.